The Kier molecular flexibility index (Phi) is 7.29. The molecule has 0 aliphatic carbocycles. The van der Waals surface area contributed by atoms with Gasteiger partial charge in [0.1, 0.15) is 0 Å². The number of likely N-dealkylation sites (tertiary alicyclic amines) is 1. The maximum atomic E-state index is 12.7. The summed E-state index contributed by atoms with van der Waals surface area (Å²) >= 11 is 0. The highest BCUT2D eigenvalue weighted by Gasteiger charge is 2.27. The van der Waals surface area contributed by atoms with Crippen molar-refractivity contribution in [2.45, 2.75) is 38.6 Å². The third-order valence-electron chi connectivity index (χ3n) is 6.44. The molecule has 6 nitrogen and oxygen atoms in total. The summed E-state index contributed by atoms with van der Waals surface area (Å²) in [6.07, 6.45) is 9.03. The molecule has 2 aliphatic heterocycles. The number of anilines is 1. The van der Waals surface area contributed by atoms with Gasteiger partial charge in [-0.25, -0.2) is 9.97 Å². The lowest BCUT2D eigenvalue weighted by Gasteiger charge is -2.33. The number of benzene rings is 1. The van der Waals surface area contributed by atoms with Gasteiger partial charge in [0.15, 0.2) is 0 Å². The van der Waals surface area contributed by atoms with E-state index in [1.165, 1.54) is 18.4 Å². The molecule has 0 unspecified atom stereocenters. The predicted molar refractivity (Wildman–Crippen MR) is 119 cm³/mol. The second kappa shape index (κ2) is 10.5. The van der Waals surface area contributed by atoms with Gasteiger partial charge < -0.3 is 10.2 Å². The van der Waals surface area contributed by atoms with Crippen molar-refractivity contribution in [3.8, 4) is 0 Å². The highest BCUT2D eigenvalue weighted by Crippen LogP contribution is 2.22. The van der Waals surface area contributed by atoms with Crippen LogP contribution in [0.3, 0.4) is 0 Å². The summed E-state index contributed by atoms with van der Waals surface area (Å²) in [5.41, 5.74) is 1.39. The van der Waals surface area contributed by atoms with E-state index in [1.54, 1.807) is 12.4 Å². The first-order valence-corrected chi connectivity index (χ1v) is 11.3. The average molecular weight is 408 g/mol. The molecule has 3 heterocycles. The number of nitrogens with one attached hydrogen (secondary N) is 1. The van der Waals surface area contributed by atoms with Crippen molar-refractivity contribution in [3.63, 3.8) is 0 Å². The Balaban J connectivity index is 1.15. The molecule has 1 N–H and O–H groups in total. The number of rotatable bonds is 7. The molecule has 4 rings (SSSR count). The highest BCUT2D eigenvalue weighted by molar-refractivity contribution is 5.79. The molecule has 6 heteroatoms. The Labute approximate surface area is 179 Å². The van der Waals surface area contributed by atoms with E-state index in [-0.39, 0.29) is 11.8 Å². The zero-order chi connectivity index (χ0) is 20.6. The fourth-order valence-corrected chi connectivity index (χ4v) is 4.65. The van der Waals surface area contributed by atoms with Crippen LogP contribution in [-0.4, -0.2) is 53.5 Å². The molecule has 0 bridgehead atoms. The van der Waals surface area contributed by atoms with Crippen molar-refractivity contribution in [2.24, 2.45) is 11.8 Å². The first kappa shape index (κ1) is 20.8. The summed E-state index contributed by atoms with van der Waals surface area (Å²) in [6.45, 7) is 5.79. The van der Waals surface area contributed by atoms with Gasteiger partial charge in [-0.05, 0) is 62.7 Å². The number of amides is 1. The lowest BCUT2D eigenvalue weighted by molar-refractivity contribution is -0.125. The Bertz CT molecular complexity index is 777. The van der Waals surface area contributed by atoms with E-state index in [0.29, 0.717) is 6.54 Å². The number of hydrogen-bond donors (Lipinski definition) is 1. The summed E-state index contributed by atoms with van der Waals surface area (Å²) in [5.74, 6) is 1.68. The minimum absolute atomic E-state index is 0.0373. The van der Waals surface area contributed by atoms with E-state index in [0.717, 1.165) is 63.9 Å². The summed E-state index contributed by atoms with van der Waals surface area (Å²) in [6, 6.07) is 12.5. The normalized spacial score (nSPS) is 20.8. The molecule has 1 atom stereocenters. The highest BCUT2D eigenvalue weighted by atomic mass is 16.1. The summed E-state index contributed by atoms with van der Waals surface area (Å²) in [7, 11) is 0. The van der Waals surface area contributed by atoms with Crippen molar-refractivity contribution in [3.05, 3.63) is 54.4 Å². The first-order chi connectivity index (χ1) is 14.8. The smallest absolute Gasteiger partial charge is 0.225 e. The van der Waals surface area contributed by atoms with E-state index < -0.39 is 0 Å². The van der Waals surface area contributed by atoms with Gasteiger partial charge >= 0.3 is 0 Å². The Morgan fingerprint density at radius 3 is 2.53 bits per heavy atom. The molecule has 2 saturated heterocycles. The van der Waals surface area contributed by atoms with Crippen molar-refractivity contribution in [1.82, 2.24) is 20.2 Å². The standard InChI is InChI=1S/C24H33N5O/c30-23(22-8-4-15-29(19-22)24-26-12-5-13-27-24)25-14-9-20-10-16-28(17-11-20)18-21-6-2-1-3-7-21/h1-3,5-7,12-13,20,22H,4,8-11,14-19H2,(H,25,30)/t22-/m0/s1. The fraction of sp³-hybridized carbons (Fsp3) is 0.542. The van der Waals surface area contributed by atoms with Gasteiger partial charge in [0, 0.05) is 38.6 Å². The second-order valence-electron chi connectivity index (χ2n) is 8.62. The van der Waals surface area contributed by atoms with Crippen LogP contribution in [0.25, 0.3) is 0 Å². The molecule has 160 valence electrons. The maximum absolute atomic E-state index is 12.7. The minimum atomic E-state index is 0.0373. The molecule has 0 saturated carbocycles. The predicted octanol–water partition coefficient (Wildman–Crippen LogP) is 3.11. The third-order valence-corrected chi connectivity index (χ3v) is 6.44. The second-order valence-corrected chi connectivity index (χ2v) is 8.62. The molecule has 0 spiro atoms. The number of carbonyl (C=O) groups excluding carboxylic acids is 1. The SMILES string of the molecule is O=C(NCCC1CCN(Cc2ccccc2)CC1)[C@H]1CCCN(c2ncccn2)C1. The number of nitrogens with zero attached hydrogens (tertiary/aromatic N) is 4. The van der Waals surface area contributed by atoms with Crippen molar-refractivity contribution >= 4 is 11.9 Å². The molecule has 1 amide bonds. The number of carbonyl (C=O) groups is 1. The topological polar surface area (TPSA) is 61.4 Å². The molecule has 2 aliphatic rings. The van der Waals surface area contributed by atoms with Crippen molar-refractivity contribution in [1.29, 1.82) is 0 Å². The van der Waals surface area contributed by atoms with Gasteiger partial charge in [-0.1, -0.05) is 30.3 Å². The van der Waals surface area contributed by atoms with E-state index in [1.807, 2.05) is 6.07 Å². The monoisotopic (exact) mass is 407 g/mol. The van der Waals surface area contributed by atoms with Crippen LogP contribution in [-0.2, 0) is 11.3 Å². The largest absolute Gasteiger partial charge is 0.356 e. The van der Waals surface area contributed by atoms with Crippen molar-refractivity contribution in [2.75, 3.05) is 37.6 Å². The molecule has 2 aromatic rings. The van der Waals surface area contributed by atoms with E-state index in [9.17, 15) is 4.79 Å². The first-order valence-electron chi connectivity index (χ1n) is 11.3. The Morgan fingerprint density at radius 2 is 1.77 bits per heavy atom. The zero-order valence-electron chi connectivity index (χ0n) is 17.7. The maximum Gasteiger partial charge on any atom is 0.225 e. The van der Waals surface area contributed by atoms with Gasteiger partial charge in [-0.2, -0.15) is 0 Å². The minimum Gasteiger partial charge on any atom is -0.356 e. The molecular formula is C24H33N5O. The van der Waals surface area contributed by atoms with E-state index in [4.69, 9.17) is 0 Å². The van der Waals surface area contributed by atoms with Crippen LogP contribution in [0.15, 0.2) is 48.8 Å². The molecule has 1 aromatic carbocycles. The summed E-state index contributed by atoms with van der Waals surface area (Å²) < 4.78 is 0. The van der Waals surface area contributed by atoms with E-state index in [2.05, 4.69) is 55.4 Å². The number of aromatic nitrogens is 2. The van der Waals surface area contributed by atoms with Gasteiger partial charge in [0.2, 0.25) is 11.9 Å². The Morgan fingerprint density at radius 1 is 1.00 bits per heavy atom. The van der Waals surface area contributed by atoms with Crippen LogP contribution in [0.4, 0.5) is 5.95 Å². The summed E-state index contributed by atoms with van der Waals surface area (Å²) in [5, 5.41) is 3.20. The molecular weight excluding hydrogens is 374 g/mol. The molecule has 0 radical (unpaired) electrons. The fourth-order valence-electron chi connectivity index (χ4n) is 4.65. The average Bonchev–Trinajstić information content (AvgIpc) is 2.81. The van der Waals surface area contributed by atoms with Crippen LogP contribution in [0, 0.1) is 11.8 Å². The molecule has 1 aromatic heterocycles. The van der Waals surface area contributed by atoms with Crippen molar-refractivity contribution < 1.29 is 4.79 Å². The van der Waals surface area contributed by atoms with Gasteiger partial charge in [-0.3, -0.25) is 9.69 Å². The van der Waals surface area contributed by atoms with E-state index >= 15 is 0 Å². The molecule has 2 fully saturated rings. The zero-order valence-corrected chi connectivity index (χ0v) is 17.7. The van der Waals surface area contributed by atoms with Crippen LogP contribution in [0.1, 0.15) is 37.7 Å². The quantitative estimate of drug-likeness (QED) is 0.764. The number of piperidine rings is 2. The van der Waals surface area contributed by atoms with Gasteiger partial charge in [0.25, 0.3) is 0 Å². The van der Waals surface area contributed by atoms with Crippen LogP contribution >= 0.6 is 0 Å². The summed E-state index contributed by atoms with van der Waals surface area (Å²) in [4.78, 5) is 26.0. The molecule has 30 heavy (non-hydrogen) atoms. The lowest BCUT2D eigenvalue weighted by atomic mass is 9.93. The Hall–Kier alpha value is -2.47. The van der Waals surface area contributed by atoms with Gasteiger partial charge in [-0.15, -0.1) is 0 Å². The lowest BCUT2D eigenvalue weighted by Crippen LogP contribution is -2.44. The van der Waals surface area contributed by atoms with Crippen LogP contribution < -0.4 is 10.2 Å². The third kappa shape index (κ3) is 5.79. The van der Waals surface area contributed by atoms with Gasteiger partial charge in [0.05, 0.1) is 5.92 Å². The van der Waals surface area contributed by atoms with Crippen LogP contribution in [0.5, 0.6) is 0 Å². The number of hydrogen-bond acceptors (Lipinski definition) is 5. The van der Waals surface area contributed by atoms with Crippen LogP contribution in [0.2, 0.25) is 0 Å².